The van der Waals surface area contributed by atoms with E-state index >= 15 is 0 Å². The van der Waals surface area contributed by atoms with Gasteiger partial charge in [0.1, 0.15) is 5.56 Å². The minimum absolute atomic E-state index is 0.00531. The summed E-state index contributed by atoms with van der Waals surface area (Å²) in [7, 11) is -3.15. The number of aromatic nitrogens is 3. The number of halogens is 5. The third-order valence-corrected chi connectivity index (χ3v) is 5.67. The van der Waals surface area contributed by atoms with Gasteiger partial charge in [-0.05, 0) is 37.6 Å². The van der Waals surface area contributed by atoms with Crippen LogP contribution in [0.2, 0.25) is 0 Å². The second-order valence-corrected chi connectivity index (χ2v) is 9.31. The van der Waals surface area contributed by atoms with Crippen molar-refractivity contribution in [2.24, 2.45) is 0 Å². The molecule has 0 aliphatic heterocycles. The van der Waals surface area contributed by atoms with E-state index in [1.165, 1.54) is 31.2 Å². The molecule has 0 bridgehead atoms. The van der Waals surface area contributed by atoms with Crippen molar-refractivity contribution in [3.63, 3.8) is 0 Å². The highest BCUT2D eigenvalue weighted by Crippen LogP contribution is 2.35. The highest BCUT2D eigenvalue weighted by Gasteiger charge is 2.38. The fourth-order valence-electron chi connectivity index (χ4n) is 2.82. The highest BCUT2D eigenvalue weighted by molar-refractivity contribution is 7.91. The van der Waals surface area contributed by atoms with E-state index in [1.54, 1.807) is 0 Å². The number of carbonyl (C=O) groups excluding carboxylic acids is 1. The topological polar surface area (TPSA) is 118 Å². The molecule has 0 aliphatic rings. The second kappa shape index (κ2) is 8.93. The number of aryl methyl sites for hydroxylation is 1. The molecule has 8 nitrogen and oxygen atoms in total. The lowest BCUT2D eigenvalue weighted by Crippen LogP contribution is -2.21. The molecular weight excluding hydrogens is 485 g/mol. The molecule has 14 heteroatoms. The number of benzene rings is 1. The molecule has 2 N–H and O–H groups in total. The Morgan fingerprint density at radius 1 is 1.12 bits per heavy atom. The van der Waals surface area contributed by atoms with E-state index in [-0.39, 0.29) is 16.1 Å². The molecule has 0 radical (unpaired) electrons. The molecule has 2 heterocycles. The standard InChI is InChI=1S/C20H16F5N5O3S/c1-9-8-27-19(15(22)14(9)21)33-18-13(10(2)16(29-30-18)20(23,24)25)17(31)28-11-5-4-6-12(7-11)34(3,26)32/h4-8,26H,1-3H3,(H,28,31). The van der Waals surface area contributed by atoms with Gasteiger partial charge in [-0.25, -0.2) is 18.4 Å². The largest absolute Gasteiger partial charge is 0.435 e. The predicted octanol–water partition coefficient (Wildman–Crippen LogP) is 4.87. The summed E-state index contributed by atoms with van der Waals surface area (Å²) in [6.45, 7) is 2.16. The number of nitrogens with one attached hydrogen (secondary N) is 2. The Balaban J connectivity index is 2.10. The molecular formula is C20H16F5N5O3S. The number of ether oxygens (including phenoxy) is 1. The quantitative estimate of drug-likeness (QED) is 0.482. The lowest BCUT2D eigenvalue weighted by Gasteiger charge is -2.16. The molecule has 1 aromatic carbocycles. The van der Waals surface area contributed by atoms with Gasteiger partial charge in [-0.3, -0.25) is 4.79 Å². The van der Waals surface area contributed by atoms with Crippen LogP contribution in [0.1, 0.15) is 27.2 Å². The minimum Gasteiger partial charge on any atom is -0.415 e. The molecule has 3 rings (SSSR count). The summed E-state index contributed by atoms with van der Waals surface area (Å²) in [6.07, 6.45) is -2.91. The Kier molecular flexibility index (Phi) is 6.55. The van der Waals surface area contributed by atoms with Gasteiger partial charge in [-0.2, -0.15) is 17.6 Å². The van der Waals surface area contributed by atoms with E-state index in [4.69, 9.17) is 9.52 Å². The van der Waals surface area contributed by atoms with Crippen molar-refractivity contribution in [3.8, 4) is 11.8 Å². The Hall–Kier alpha value is -3.68. The van der Waals surface area contributed by atoms with Crippen LogP contribution in [0.5, 0.6) is 11.8 Å². The summed E-state index contributed by atoms with van der Waals surface area (Å²) >= 11 is 0. The van der Waals surface area contributed by atoms with Crippen molar-refractivity contribution in [2.75, 3.05) is 11.6 Å². The summed E-state index contributed by atoms with van der Waals surface area (Å²) in [5, 5.41) is 8.58. The zero-order valence-corrected chi connectivity index (χ0v) is 18.6. The normalized spacial score (nSPS) is 13.3. The van der Waals surface area contributed by atoms with Gasteiger partial charge < -0.3 is 10.1 Å². The maximum Gasteiger partial charge on any atom is 0.435 e. The van der Waals surface area contributed by atoms with Crippen molar-refractivity contribution in [1.29, 1.82) is 4.78 Å². The maximum absolute atomic E-state index is 14.2. The first-order chi connectivity index (χ1) is 15.7. The van der Waals surface area contributed by atoms with Crippen LogP contribution < -0.4 is 10.1 Å². The number of nitrogens with zero attached hydrogens (tertiary/aromatic N) is 3. The first kappa shape index (κ1) is 25.0. The highest BCUT2D eigenvalue weighted by atomic mass is 32.2. The fourth-order valence-corrected chi connectivity index (χ4v) is 3.51. The van der Waals surface area contributed by atoms with E-state index in [9.17, 15) is 31.0 Å². The Labute approximate surface area is 190 Å². The van der Waals surface area contributed by atoms with Crippen molar-refractivity contribution in [3.05, 3.63) is 64.5 Å². The smallest absolute Gasteiger partial charge is 0.415 e. The lowest BCUT2D eigenvalue weighted by atomic mass is 10.1. The average molecular weight is 501 g/mol. The molecule has 0 fully saturated rings. The van der Waals surface area contributed by atoms with E-state index in [2.05, 4.69) is 20.5 Å². The van der Waals surface area contributed by atoms with Crippen molar-refractivity contribution in [2.45, 2.75) is 24.9 Å². The SMILES string of the molecule is Cc1cnc(Oc2nnc(C(F)(F)F)c(C)c2C(=O)Nc2cccc(S(C)(=N)=O)c2)c(F)c1F. The average Bonchev–Trinajstić information content (AvgIpc) is 2.73. The molecule has 0 saturated carbocycles. The van der Waals surface area contributed by atoms with Crippen LogP contribution in [0.3, 0.4) is 0 Å². The van der Waals surface area contributed by atoms with Gasteiger partial charge in [0.05, 0.1) is 9.73 Å². The summed E-state index contributed by atoms with van der Waals surface area (Å²) < 4.78 is 92.9. The molecule has 180 valence electrons. The van der Waals surface area contributed by atoms with E-state index in [1.807, 2.05) is 0 Å². The van der Waals surface area contributed by atoms with Crippen LogP contribution >= 0.6 is 0 Å². The summed E-state index contributed by atoms with van der Waals surface area (Å²) in [5.41, 5.74) is -3.10. The van der Waals surface area contributed by atoms with Crippen LogP contribution in [0.25, 0.3) is 0 Å². The van der Waals surface area contributed by atoms with Crippen molar-refractivity contribution in [1.82, 2.24) is 15.2 Å². The van der Waals surface area contributed by atoms with Crippen molar-refractivity contribution >= 4 is 21.3 Å². The number of pyridine rings is 1. The number of rotatable bonds is 5. The number of carbonyl (C=O) groups is 1. The predicted molar refractivity (Wildman–Crippen MR) is 110 cm³/mol. The zero-order chi connectivity index (χ0) is 25.4. The minimum atomic E-state index is -4.98. The molecule has 0 spiro atoms. The van der Waals surface area contributed by atoms with Crippen LogP contribution in [-0.2, 0) is 15.9 Å². The molecule has 0 aliphatic carbocycles. The maximum atomic E-state index is 14.2. The number of anilines is 1. The van der Waals surface area contributed by atoms with Gasteiger partial charge in [-0.1, -0.05) is 6.07 Å². The van der Waals surface area contributed by atoms with Crippen LogP contribution in [0.4, 0.5) is 27.6 Å². The summed E-state index contributed by atoms with van der Waals surface area (Å²) in [6, 6.07) is 5.31. The van der Waals surface area contributed by atoms with Gasteiger partial charge in [-0.15, -0.1) is 10.2 Å². The molecule has 1 atom stereocenters. The first-order valence-electron chi connectivity index (χ1n) is 9.28. The van der Waals surface area contributed by atoms with Crippen molar-refractivity contribution < 1.29 is 35.7 Å². The van der Waals surface area contributed by atoms with Gasteiger partial charge in [0.15, 0.2) is 11.5 Å². The van der Waals surface area contributed by atoms with Crippen LogP contribution in [-0.4, -0.2) is 31.6 Å². The van der Waals surface area contributed by atoms with Gasteiger partial charge in [0.25, 0.3) is 17.7 Å². The molecule has 2 aromatic heterocycles. The Morgan fingerprint density at radius 3 is 2.41 bits per heavy atom. The molecule has 3 aromatic rings. The van der Waals surface area contributed by atoms with Crippen LogP contribution in [0.15, 0.2) is 35.4 Å². The molecule has 34 heavy (non-hydrogen) atoms. The fraction of sp³-hybridized carbons (Fsp3) is 0.200. The number of hydrogen-bond donors (Lipinski definition) is 2. The molecule has 1 amide bonds. The number of hydrogen-bond acceptors (Lipinski definition) is 7. The number of amides is 1. The third kappa shape index (κ3) is 5.11. The van der Waals surface area contributed by atoms with E-state index in [0.29, 0.717) is 0 Å². The van der Waals surface area contributed by atoms with E-state index < -0.39 is 62.0 Å². The van der Waals surface area contributed by atoms with Gasteiger partial charge >= 0.3 is 6.18 Å². The first-order valence-corrected chi connectivity index (χ1v) is 11.2. The summed E-state index contributed by atoms with van der Waals surface area (Å²) in [5.74, 6) is -5.82. The Morgan fingerprint density at radius 2 is 1.79 bits per heavy atom. The second-order valence-electron chi connectivity index (χ2n) is 7.15. The molecule has 1 unspecified atom stereocenters. The summed E-state index contributed by atoms with van der Waals surface area (Å²) in [4.78, 5) is 16.6. The van der Waals surface area contributed by atoms with E-state index in [0.717, 1.165) is 19.4 Å². The van der Waals surface area contributed by atoms with Gasteiger partial charge in [0, 0.05) is 28.6 Å². The van der Waals surface area contributed by atoms with Crippen LogP contribution in [0, 0.1) is 30.3 Å². The third-order valence-electron chi connectivity index (χ3n) is 4.52. The molecule has 0 saturated heterocycles. The van der Waals surface area contributed by atoms with Gasteiger partial charge in [0.2, 0.25) is 5.82 Å². The number of alkyl halides is 3. The lowest BCUT2D eigenvalue weighted by molar-refractivity contribution is -0.142. The zero-order valence-electron chi connectivity index (χ0n) is 17.8. The Bertz CT molecular complexity index is 1390. The monoisotopic (exact) mass is 501 g/mol.